The Balaban J connectivity index is 2.45. The van der Waals surface area contributed by atoms with Gasteiger partial charge in [0.15, 0.2) is 0 Å². The molecule has 0 bridgehead atoms. The Morgan fingerprint density at radius 2 is 1.93 bits per heavy atom. The standard InChI is InChI=1S/C18H21N3O5S2/c1-4-16(18(22)19-15-10-5-6-11-17(15)27-2)20(28(3,25)26)13-8-7-9-14(12-13)21(23)24/h5-12,16H,4H2,1-3H3,(H,19,22)/t16-/m1/s1. The Kier molecular flexibility index (Phi) is 7.03. The van der Waals surface area contributed by atoms with E-state index in [9.17, 15) is 23.3 Å². The number of carbonyl (C=O) groups is 1. The second-order valence-electron chi connectivity index (χ2n) is 5.95. The van der Waals surface area contributed by atoms with Crippen LogP contribution in [0, 0.1) is 10.1 Å². The van der Waals surface area contributed by atoms with Gasteiger partial charge >= 0.3 is 0 Å². The summed E-state index contributed by atoms with van der Waals surface area (Å²) in [6.07, 6.45) is 3.02. The summed E-state index contributed by atoms with van der Waals surface area (Å²) in [4.78, 5) is 24.2. The molecule has 0 aliphatic heterocycles. The van der Waals surface area contributed by atoms with Gasteiger partial charge in [-0.1, -0.05) is 25.1 Å². The number of thioether (sulfide) groups is 1. The first-order valence-electron chi connectivity index (χ1n) is 8.36. The van der Waals surface area contributed by atoms with Gasteiger partial charge in [0.25, 0.3) is 5.69 Å². The Hall–Kier alpha value is -2.59. The van der Waals surface area contributed by atoms with Crippen molar-refractivity contribution in [3.63, 3.8) is 0 Å². The molecule has 28 heavy (non-hydrogen) atoms. The smallest absolute Gasteiger partial charge is 0.271 e. The van der Waals surface area contributed by atoms with Crippen LogP contribution in [0.15, 0.2) is 53.4 Å². The average molecular weight is 424 g/mol. The fourth-order valence-corrected chi connectivity index (χ4v) is 4.53. The number of sulfonamides is 1. The molecule has 0 saturated carbocycles. The zero-order valence-corrected chi connectivity index (χ0v) is 17.3. The summed E-state index contributed by atoms with van der Waals surface area (Å²) < 4.78 is 25.9. The highest BCUT2D eigenvalue weighted by Crippen LogP contribution is 2.28. The van der Waals surface area contributed by atoms with Crippen LogP contribution in [-0.4, -0.2) is 37.8 Å². The molecule has 2 aromatic rings. The van der Waals surface area contributed by atoms with Crippen molar-refractivity contribution < 1.29 is 18.1 Å². The molecule has 2 rings (SSSR count). The number of nitrogens with zero attached hydrogens (tertiary/aromatic N) is 2. The number of benzene rings is 2. The van der Waals surface area contributed by atoms with Crippen molar-refractivity contribution in [2.75, 3.05) is 22.1 Å². The summed E-state index contributed by atoms with van der Waals surface area (Å²) in [6.45, 7) is 1.68. The van der Waals surface area contributed by atoms with E-state index < -0.39 is 26.9 Å². The van der Waals surface area contributed by atoms with E-state index in [1.807, 2.05) is 18.4 Å². The Morgan fingerprint density at radius 3 is 2.50 bits per heavy atom. The van der Waals surface area contributed by atoms with Gasteiger partial charge in [0.05, 0.1) is 22.6 Å². The molecule has 0 aromatic heterocycles. The lowest BCUT2D eigenvalue weighted by Crippen LogP contribution is -2.47. The molecular formula is C18H21N3O5S2. The van der Waals surface area contributed by atoms with Crippen molar-refractivity contribution in [1.29, 1.82) is 0 Å². The summed E-state index contributed by atoms with van der Waals surface area (Å²) in [6, 6.07) is 11.3. The number of hydrogen-bond donors (Lipinski definition) is 1. The van der Waals surface area contributed by atoms with E-state index in [1.54, 1.807) is 19.1 Å². The number of anilines is 2. The SMILES string of the molecule is CC[C@H](C(=O)Nc1ccccc1SC)N(c1cccc([N+](=O)[O-])c1)S(C)(=O)=O. The van der Waals surface area contributed by atoms with Crippen molar-refractivity contribution in [1.82, 2.24) is 0 Å². The maximum atomic E-state index is 12.9. The lowest BCUT2D eigenvalue weighted by atomic mass is 10.1. The van der Waals surface area contributed by atoms with Crippen molar-refractivity contribution in [3.05, 3.63) is 58.6 Å². The van der Waals surface area contributed by atoms with Crippen molar-refractivity contribution in [2.24, 2.45) is 0 Å². The van der Waals surface area contributed by atoms with Gasteiger partial charge < -0.3 is 5.32 Å². The first kappa shape index (κ1) is 21.7. The highest BCUT2D eigenvalue weighted by atomic mass is 32.2. The molecule has 0 unspecified atom stereocenters. The van der Waals surface area contributed by atoms with Gasteiger partial charge in [-0.25, -0.2) is 8.42 Å². The molecular weight excluding hydrogens is 402 g/mol. The number of para-hydroxylation sites is 1. The third-order valence-corrected chi connectivity index (χ3v) is 5.97. The largest absolute Gasteiger partial charge is 0.323 e. The summed E-state index contributed by atoms with van der Waals surface area (Å²) in [7, 11) is -3.88. The molecule has 1 N–H and O–H groups in total. The molecule has 0 radical (unpaired) electrons. The van der Waals surface area contributed by atoms with E-state index in [0.717, 1.165) is 21.5 Å². The minimum Gasteiger partial charge on any atom is -0.323 e. The first-order chi connectivity index (χ1) is 13.2. The fourth-order valence-electron chi connectivity index (χ4n) is 2.77. The molecule has 150 valence electrons. The third-order valence-electron chi connectivity index (χ3n) is 3.99. The zero-order valence-electron chi connectivity index (χ0n) is 15.7. The Morgan fingerprint density at radius 1 is 1.25 bits per heavy atom. The number of non-ortho nitro benzene ring substituents is 1. The van der Waals surface area contributed by atoms with E-state index in [2.05, 4.69) is 5.32 Å². The van der Waals surface area contributed by atoms with E-state index in [0.29, 0.717) is 5.69 Å². The van der Waals surface area contributed by atoms with Crippen molar-refractivity contribution in [2.45, 2.75) is 24.3 Å². The van der Waals surface area contributed by atoms with Gasteiger partial charge in [0, 0.05) is 17.0 Å². The summed E-state index contributed by atoms with van der Waals surface area (Å²) >= 11 is 1.45. The summed E-state index contributed by atoms with van der Waals surface area (Å²) in [5.74, 6) is -0.513. The van der Waals surface area contributed by atoms with Gasteiger partial charge in [-0.05, 0) is 30.9 Å². The fraction of sp³-hybridized carbons (Fsp3) is 0.278. The summed E-state index contributed by atoms with van der Waals surface area (Å²) in [5, 5.41) is 13.8. The second kappa shape index (κ2) is 9.07. The van der Waals surface area contributed by atoms with Crippen LogP contribution in [0.1, 0.15) is 13.3 Å². The van der Waals surface area contributed by atoms with E-state index in [4.69, 9.17) is 0 Å². The number of nitrogens with one attached hydrogen (secondary N) is 1. The normalized spacial score (nSPS) is 12.2. The lowest BCUT2D eigenvalue weighted by Gasteiger charge is -2.30. The van der Waals surface area contributed by atoms with Crippen LogP contribution in [0.5, 0.6) is 0 Å². The number of carbonyl (C=O) groups excluding carboxylic acids is 1. The number of nitro benzene ring substituents is 1. The molecule has 2 aromatic carbocycles. The number of nitro groups is 1. The van der Waals surface area contributed by atoms with Crippen LogP contribution in [0.3, 0.4) is 0 Å². The molecule has 0 fully saturated rings. The van der Waals surface area contributed by atoms with Crippen LogP contribution in [0.4, 0.5) is 17.1 Å². The molecule has 0 heterocycles. The van der Waals surface area contributed by atoms with Crippen LogP contribution >= 0.6 is 11.8 Å². The monoisotopic (exact) mass is 423 g/mol. The topological polar surface area (TPSA) is 110 Å². The molecule has 0 aliphatic carbocycles. The molecule has 0 spiro atoms. The molecule has 0 saturated heterocycles. The predicted octanol–water partition coefficient (Wildman–Crippen LogP) is 3.50. The molecule has 0 aliphatic rings. The van der Waals surface area contributed by atoms with Crippen LogP contribution in [-0.2, 0) is 14.8 Å². The van der Waals surface area contributed by atoms with Crippen LogP contribution < -0.4 is 9.62 Å². The quantitative estimate of drug-likeness (QED) is 0.395. The van der Waals surface area contributed by atoms with E-state index in [-0.39, 0.29) is 17.8 Å². The molecule has 8 nitrogen and oxygen atoms in total. The second-order valence-corrected chi connectivity index (χ2v) is 8.66. The van der Waals surface area contributed by atoms with Crippen molar-refractivity contribution >= 4 is 44.8 Å². The minimum absolute atomic E-state index is 0.0665. The third kappa shape index (κ3) is 5.02. The number of hydrogen-bond acceptors (Lipinski definition) is 6. The first-order valence-corrected chi connectivity index (χ1v) is 11.4. The zero-order chi connectivity index (χ0) is 20.9. The molecule has 1 amide bonds. The summed E-state index contributed by atoms with van der Waals surface area (Å²) in [5.41, 5.74) is 0.386. The van der Waals surface area contributed by atoms with Gasteiger partial charge in [0.2, 0.25) is 15.9 Å². The van der Waals surface area contributed by atoms with Gasteiger partial charge in [-0.15, -0.1) is 11.8 Å². The maximum Gasteiger partial charge on any atom is 0.271 e. The van der Waals surface area contributed by atoms with Gasteiger partial charge in [-0.3, -0.25) is 19.2 Å². The number of amides is 1. The maximum absolute atomic E-state index is 12.9. The average Bonchev–Trinajstić information content (AvgIpc) is 2.65. The van der Waals surface area contributed by atoms with Crippen molar-refractivity contribution in [3.8, 4) is 0 Å². The molecule has 1 atom stereocenters. The lowest BCUT2D eigenvalue weighted by molar-refractivity contribution is -0.384. The van der Waals surface area contributed by atoms with Gasteiger partial charge in [-0.2, -0.15) is 0 Å². The van der Waals surface area contributed by atoms with Crippen LogP contribution in [0.2, 0.25) is 0 Å². The van der Waals surface area contributed by atoms with Gasteiger partial charge in [0.1, 0.15) is 6.04 Å². The van der Waals surface area contributed by atoms with Crippen LogP contribution in [0.25, 0.3) is 0 Å². The number of rotatable bonds is 8. The highest BCUT2D eigenvalue weighted by molar-refractivity contribution is 7.98. The Bertz CT molecular complexity index is 979. The molecule has 10 heteroatoms. The van der Waals surface area contributed by atoms with E-state index >= 15 is 0 Å². The Labute approximate surface area is 168 Å². The highest BCUT2D eigenvalue weighted by Gasteiger charge is 2.32. The predicted molar refractivity (Wildman–Crippen MR) is 111 cm³/mol. The minimum atomic E-state index is -3.88. The van der Waals surface area contributed by atoms with E-state index in [1.165, 1.54) is 30.0 Å².